The summed E-state index contributed by atoms with van der Waals surface area (Å²) in [7, 11) is 2.09. The van der Waals surface area contributed by atoms with E-state index in [0.717, 1.165) is 53.3 Å². The summed E-state index contributed by atoms with van der Waals surface area (Å²) in [5, 5.41) is 3.17. The second-order valence-electron chi connectivity index (χ2n) is 8.80. The number of hydrogen-bond donors (Lipinski definition) is 1. The third kappa shape index (κ3) is 4.33. The van der Waals surface area contributed by atoms with Gasteiger partial charge in [0.2, 0.25) is 12.7 Å². The predicted octanol–water partition coefficient (Wildman–Crippen LogP) is 5.77. The van der Waals surface area contributed by atoms with Crippen LogP contribution < -0.4 is 14.8 Å². The fourth-order valence-electron chi connectivity index (χ4n) is 4.34. The van der Waals surface area contributed by atoms with Gasteiger partial charge < -0.3 is 14.8 Å². The molecule has 0 unspecified atom stereocenters. The van der Waals surface area contributed by atoms with Crippen molar-refractivity contribution in [3.8, 4) is 22.6 Å². The van der Waals surface area contributed by atoms with Gasteiger partial charge in [0, 0.05) is 12.2 Å². The third-order valence-corrected chi connectivity index (χ3v) is 7.34. The zero-order valence-electron chi connectivity index (χ0n) is 19.2. The molecule has 2 aliphatic rings. The molecule has 3 aromatic rings. The van der Waals surface area contributed by atoms with Gasteiger partial charge in [-0.1, -0.05) is 48.3 Å². The molecule has 1 aliphatic carbocycles. The van der Waals surface area contributed by atoms with Gasteiger partial charge in [0.05, 0.1) is 5.41 Å². The Balaban J connectivity index is 1.35. The summed E-state index contributed by atoms with van der Waals surface area (Å²) in [5.41, 5.74) is 6.05. The van der Waals surface area contributed by atoms with Crippen molar-refractivity contribution >= 4 is 23.5 Å². The second-order valence-corrected chi connectivity index (χ2v) is 9.79. The molecule has 1 saturated carbocycles. The Hall–Kier alpha value is -2.96. The van der Waals surface area contributed by atoms with Crippen molar-refractivity contribution in [2.45, 2.75) is 31.7 Å². The molecule has 1 N–H and O–H groups in total. The quantitative estimate of drug-likeness (QED) is 0.454. The number of amides is 1. The number of hydrogen-bond acceptors (Lipinski definition) is 5. The van der Waals surface area contributed by atoms with Gasteiger partial charge in [-0.15, -0.1) is 0 Å². The van der Waals surface area contributed by atoms with Gasteiger partial charge in [-0.3, -0.25) is 4.79 Å². The maximum absolute atomic E-state index is 13.3. The average molecular weight is 461 g/mol. The van der Waals surface area contributed by atoms with Crippen molar-refractivity contribution in [3.05, 3.63) is 77.4 Å². The molecule has 1 aliphatic heterocycles. The molecule has 0 spiro atoms. The predicted molar refractivity (Wildman–Crippen MR) is 134 cm³/mol. The summed E-state index contributed by atoms with van der Waals surface area (Å²) in [5.74, 6) is 1.49. The highest BCUT2D eigenvalue weighted by Crippen LogP contribution is 2.51. The summed E-state index contributed by atoms with van der Waals surface area (Å²) in [6.07, 6.45) is 3.75. The smallest absolute Gasteiger partial charge is 0.235 e. The Morgan fingerprint density at radius 3 is 2.52 bits per heavy atom. The van der Waals surface area contributed by atoms with Crippen LogP contribution in [0.3, 0.4) is 0 Å². The van der Waals surface area contributed by atoms with E-state index in [1.54, 1.807) is 11.9 Å². The van der Waals surface area contributed by atoms with Gasteiger partial charge >= 0.3 is 0 Å². The number of rotatable bonds is 7. The SMILES string of the molecule is CSN(C)Cc1ccc(-c2cc(NC(=O)C3(c4ccc5c(c4)OCO5)CC3)ccc2C)cc1. The number of nitrogens with one attached hydrogen (secondary N) is 1. The minimum Gasteiger partial charge on any atom is -0.454 e. The highest BCUT2D eigenvalue weighted by molar-refractivity contribution is 7.96. The Labute approximate surface area is 199 Å². The Morgan fingerprint density at radius 1 is 1.03 bits per heavy atom. The minimum atomic E-state index is -0.489. The number of nitrogens with zero attached hydrogens (tertiary/aromatic N) is 1. The van der Waals surface area contributed by atoms with E-state index in [4.69, 9.17) is 9.47 Å². The number of carbonyl (C=O) groups is 1. The minimum absolute atomic E-state index is 0.0339. The van der Waals surface area contributed by atoms with E-state index in [9.17, 15) is 4.79 Å². The van der Waals surface area contributed by atoms with E-state index in [1.807, 2.05) is 24.3 Å². The highest BCUT2D eigenvalue weighted by atomic mass is 32.2. The van der Waals surface area contributed by atoms with E-state index < -0.39 is 5.41 Å². The van der Waals surface area contributed by atoms with Crippen LogP contribution in [0.25, 0.3) is 11.1 Å². The maximum atomic E-state index is 13.3. The molecule has 33 heavy (non-hydrogen) atoms. The van der Waals surface area contributed by atoms with Crippen LogP contribution >= 0.6 is 11.9 Å². The van der Waals surface area contributed by atoms with Crippen molar-refractivity contribution in [3.63, 3.8) is 0 Å². The third-order valence-electron chi connectivity index (χ3n) is 6.59. The van der Waals surface area contributed by atoms with Gasteiger partial charge in [0.15, 0.2) is 11.5 Å². The number of fused-ring (bicyclic) bond motifs is 1. The monoisotopic (exact) mass is 460 g/mol. The average Bonchev–Trinajstić information content (AvgIpc) is 3.51. The molecular formula is C27H28N2O3S. The lowest BCUT2D eigenvalue weighted by Crippen LogP contribution is -2.27. The Kier molecular flexibility index (Phi) is 5.81. The zero-order chi connectivity index (χ0) is 23.0. The first-order chi connectivity index (χ1) is 16.0. The number of ether oxygens (including phenoxy) is 2. The van der Waals surface area contributed by atoms with Crippen LogP contribution in [0.4, 0.5) is 5.69 Å². The van der Waals surface area contributed by atoms with Gasteiger partial charge in [0.25, 0.3) is 0 Å². The van der Waals surface area contributed by atoms with E-state index in [0.29, 0.717) is 0 Å². The molecule has 5 nitrogen and oxygen atoms in total. The summed E-state index contributed by atoms with van der Waals surface area (Å²) in [6, 6.07) is 20.6. The van der Waals surface area contributed by atoms with E-state index >= 15 is 0 Å². The summed E-state index contributed by atoms with van der Waals surface area (Å²) in [6.45, 7) is 3.24. The number of aryl methyl sites for hydroxylation is 1. The first-order valence-electron chi connectivity index (χ1n) is 11.2. The van der Waals surface area contributed by atoms with Crippen LogP contribution in [0.1, 0.15) is 29.5 Å². The fourth-order valence-corrected chi connectivity index (χ4v) is 4.62. The molecule has 1 fully saturated rings. The standard InChI is InChI=1S/C27H28N2O3S/c1-18-4-10-22(15-23(18)20-7-5-19(6-8-20)16-29(2)33-3)28-26(30)27(12-13-27)21-9-11-24-25(14-21)32-17-31-24/h4-11,14-15H,12-13,16-17H2,1-3H3,(H,28,30). The molecule has 0 bridgehead atoms. The van der Waals surface area contributed by atoms with Gasteiger partial charge in [-0.05, 0) is 85.2 Å². The van der Waals surface area contributed by atoms with E-state index in [2.05, 4.69) is 66.2 Å². The topological polar surface area (TPSA) is 50.8 Å². The molecule has 1 heterocycles. The molecule has 170 valence electrons. The lowest BCUT2D eigenvalue weighted by Gasteiger charge is -2.17. The molecule has 3 aromatic carbocycles. The van der Waals surface area contributed by atoms with Crippen LogP contribution in [0.15, 0.2) is 60.7 Å². The Morgan fingerprint density at radius 2 is 1.79 bits per heavy atom. The van der Waals surface area contributed by atoms with Crippen molar-refractivity contribution in [1.82, 2.24) is 4.31 Å². The van der Waals surface area contributed by atoms with Crippen molar-refractivity contribution in [2.24, 2.45) is 0 Å². The molecule has 1 amide bonds. The number of anilines is 1. The number of benzene rings is 3. The Bertz CT molecular complexity index is 1190. The first kappa shape index (κ1) is 21.9. The van der Waals surface area contributed by atoms with Crippen LogP contribution in [-0.4, -0.2) is 30.3 Å². The van der Waals surface area contributed by atoms with Crippen LogP contribution in [0.2, 0.25) is 0 Å². The second kappa shape index (κ2) is 8.76. The lowest BCUT2D eigenvalue weighted by molar-refractivity contribution is -0.118. The van der Waals surface area contributed by atoms with Crippen molar-refractivity contribution < 1.29 is 14.3 Å². The molecule has 0 aromatic heterocycles. The van der Waals surface area contributed by atoms with Crippen molar-refractivity contribution in [2.75, 3.05) is 25.4 Å². The lowest BCUT2D eigenvalue weighted by atomic mass is 9.94. The fraction of sp³-hybridized carbons (Fsp3) is 0.296. The first-order valence-corrected chi connectivity index (χ1v) is 12.3. The zero-order valence-corrected chi connectivity index (χ0v) is 20.0. The summed E-state index contributed by atoms with van der Waals surface area (Å²) < 4.78 is 13.1. The van der Waals surface area contributed by atoms with Crippen LogP contribution in [0.5, 0.6) is 11.5 Å². The van der Waals surface area contributed by atoms with E-state index in [1.165, 1.54) is 11.1 Å². The van der Waals surface area contributed by atoms with Crippen LogP contribution in [-0.2, 0) is 16.8 Å². The van der Waals surface area contributed by atoms with Crippen LogP contribution in [0, 0.1) is 6.92 Å². The number of carbonyl (C=O) groups excluding carboxylic acids is 1. The maximum Gasteiger partial charge on any atom is 0.235 e. The molecule has 0 saturated heterocycles. The summed E-state index contributed by atoms with van der Waals surface area (Å²) in [4.78, 5) is 13.3. The highest BCUT2D eigenvalue weighted by Gasteiger charge is 2.51. The largest absolute Gasteiger partial charge is 0.454 e. The molecule has 0 radical (unpaired) electrons. The normalized spacial score (nSPS) is 15.5. The van der Waals surface area contributed by atoms with Gasteiger partial charge in [-0.2, -0.15) is 0 Å². The van der Waals surface area contributed by atoms with Gasteiger partial charge in [-0.25, -0.2) is 4.31 Å². The van der Waals surface area contributed by atoms with Crippen molar-refractivity contribution in [1.29, 1.82) is 0 Å². The van der Waals surface area contributed by atoms with E-state index in [-0.39, 0.29) is 12.7 Å². The summed E-state index contributed by atoms with van der Waals surface area (Å²) >= 11 is 1.72. The molecule has 0 atom stereocenters. The van der Waals surface area contributed by atoms with Gasteiger partial charge in [0.1, 0.15) is 0 Å². The molecule has 5 rings (SSSR count). The molecule has 6 heteroatoms. The molecular weight excluding hydrogens is 432 g/mol.